The normalized spacial score (nSPS) is 10.9. The molecule has 0 bridgehead atoms. The monoisotopic (exact) mass is 226 g/mol. The number of halogens is 2. The highest BCUT2D eigenvalue weighted by atomic mass is 35.5. The molecular weight excluding hydrogens is 215 g/mol. The number of rotatable bonds is 4. The first-order valence-corrected chi connectivity index (χ1v) is 5.21. The van der Waals surface area contributed by atoms with Gasteiger partial charge >= 0.3 is 0 Å². The minimum atomic E-state index is -0.485. The summed E-state index contributed by atoms with van der Waals surface area (Å²) in [5.74, 6) is 0.0301. The van der Waals surface area contributed by atoms with Gasteiger partial charge in [-0.15, -0.1) is 11.6 Å². The summed E-state index contributed by atoms with van der Waals surface area (Å²) in [6.07, 6.45) is 4.82. The minimum Gasteiger partial charge on any atom is -0.298 e. The Morgan fingerprint density at radius 1 is 1.40 bits per heavy atom. The van der Waals surface area contributed by atoms with E-state index < -0.39 is 5.82 Å². The van der Waals surface area contributed by atoms with Crippen molar-refractivity contribution in [3.8, 4) is 0 Å². The summed E-state index contributed by atoms with van der Waals surface area (Å²) in [5, 5.41) is 0. The number of alkyl halides is 1. The molecule has 80 valence electrons. The van der Waals surface area contributed by atoms with Crippen LogP contribution in [0, 0.1) is 12.7 Å². The molecule has 0 aromatic heterocycles. The van der Waals surface area contributed by atoms with Crippen molar-refractivity contribution in [1.82, 2.24) is 0 Å². The zero-order chi connectivity index (χ0) is 11.3. The first kappa shape index (κ1) is 11.9. The van der Waals surface area contributed by atoms with Gasteiger partial charge in [0.1, 0.15) is 5.82 Å². The smallest absolute Gasteiger partial charge is 0.153 e. The van der Waals surface area contributed by atoms with Gasteiger partial charge in [0.2, 0.25) is 0 Å². The van der Waals surface area contributed by atoms with Crippen LogP contribution in [0.5, 0.6) is 0 Å². The number of aldehydes is 1. The van der Waals surface area contributed by atoms with Crippen LogP contribution in [0.1, 0.15) is 27.9 Å². The fourth-order valence-electron chi connectivity index (χ4n) is 1.32. The Kier molecular flexibility index (Phi) is 4.50. The van der Waals surface area contributed by atoms with Crippen LogP contribution in [-0.4, -0.2) is 12.2 Å². The average molecular weight is 227 g/mol. The highest BCUT2D eigenvalue weighted by molar-refractivity contribution is 6.17. The highest BCUT2D eigenvalue weighted by Gasteiger charge is 2.07. The number of hydrogen-bond acceptors (Lipinski definition) is 1. The van der Waals surface area contributed by atoms with Gasteiger partial charge in [-0.05, 0) is 30.5 Å². The van der Waals surface area contributed by atoms with E-state index in [9.17, 15) is 9.18 Å². The second kappa shape index (κ2) is 5.66. The lowest BCUT2D eigenvalue weighted by Gasteiger charge is -2.04. The number of carbonyl (C=O) groups excluding carboxylic acids is 1. The van der Waals surface area contributed by atoms with Crippen LogP contribution in [0.3, 0.4) is 0 Å². The molecule has 1 aromatic rings. The van der Waals surface area contributed by atoms with Crippen molar-refractivity contribution >= 4 is 24.0 Å². The molecule has 0 heterocycles. The molecule has 0 unspecified atom stereocenters. The third kappa shape index (κ3) is 2.90. The van der Waals surface area contributed by atoms with Gasteiger partial charge in [0.25, 0.3) is 0 Å². The van der Waals surface area contributed by atoms with E-state index in [-0.39, 0.29) is 5.56 Å². The number of aryl methyl sites for hydroxylation is 1. The second-order valence-corrected chi connectivity index (χ2v) is 3.57. The maximum absolute atomic E-state index is 13.2. The van der Waals surface area contributed by atoms with E-state index in [1.165, 1.54) is 6.07 Å². The van der Waals surface area contributed by atoms with E-state index in [1.54, 1.807) is 12.1 Å². The minimum absolute atomic E-state index is 0.112. The first-order valence-electron chi connectivity index (χ1n) is 4.67. The molecule has 0 radical (unpaired) electrons. The highest BCUT2D eigenvalue weighted by Crippen LogP contribution is 2.18. The number of hydrogen-bond donors (Lipinski definition) is 0. The van der Waals surface area contributed by atoms with Gasteiger partial charge in [-0.2, -0.15) is 0 Å². The maximum atomic E-state index is 13.2. The van der Waals surface area contributed by atoms with Crippen molar-refractivity contribution in [1.29, 1.82) is 0 Å². The van der Waals surface area contributed by atoms with Crippen LogP contribution in [-0.2, 0) is 0 Å². The molecule has 0 spiro atoms. The summed E-state index contributed by atoms with van der Waals surface area (Å²) in [6, 6.07) is 2.96. The molecule has 0 fully saturated rings. The van der Waals surface area contributed by atoms with Gasteiger partial charge in [-0.3, -0.25) is 4.79 Å². The molecule has 0 N–H and O–H groups in total. The Labute approximate surface area is 93.6 Å². The summed E-state index contributed by atoms with van der Waals surface area (Å²) < 4.78 is 13.2. The molecule has 0 saturated heterocycles. The van der Waals surface area contributed by atoms with E-state index in [0.29, 0.717) is 24.2 Å². The Hall–Kier alpha value is -1.15. The molecule has 0 aliphatic rings. The lowest BCUT2D eigenvalue weighted by atomic mass is 10.0. The van der Waals surface area contributed by atoms with Gasteiger partial charge in [0.05, 0.1) is 5.56 Å². The molecule has 0 aliphatic carbocycles. The molecule has 15 heavy (non-hydrogen) atoms. The average Bonchev–Trinajstić information content (AvgIpc) is 2.23. The quantitative estimate of drug-likeness (QED) is 0.567. The summed E-state index contributed by atoms with van der Waals surface area (Å²) in [7, 11) is 0. The van der Waals surface area contributed by atoms with E-state index >= 15 is 0 Å². The predicted molar refractivity (Wildman–Crippen MR) is 60.9 cm³/mol. The Morgan fingerprint density at radius 3 is 2.73 bits per heavy atom. The van der Waals surface area contributed by atoms with Gasteiger partial charge in [0, 0.05) is 5.88 Å². The topological polar surface area (TPSA) is 17.1 Å². The number of carbonyl (C=O) groups is 1. The van der Waals surface area contributed by atoms with E-state index in [4.69, 9.17) is 11.6 Å². The van der Waals surface area contributed by atoms with E-state index in [2.05, 4.69) is 0 Å². The molecule has 3 heteroatoms. The van der Waals surface area contributed by atoms with Gasteiger partial charge in [-0.25, -0.2) is 4.39 Å². The van der Waals surface area contributed by atoms with E-state index in [1.807, 2.05) is 13.0 Å². The van der Waals surface area contributed by atoms with Crippen molar-refractivity contribution in [3.05, 3.63) is 40.7 Å². The van der Waals surface area contributed by atoms with Crippen molar-refractivity contribution in [2.24, 2.45) is 0 Å². The Balaban J connectivity index is 3.13. The summed E-state index contributed by atoms with van der Waals surface area (Å²) in [6.45, 7) is 1.84. The number of allylic oxidation sites excluding steroid dienone is 1. The van der Waals surface area contributed by atoms with Crippen LogP contribution in [0.4, 0.5) is 4.39 Å². The van der Waals surface area contributed by atoms with Crippen molar-refractivity contribution in [2.45, 2.75) is 13.3 Å². The molecule has 0 amide bonds. The molecular formula is C12H12ClFO. The van der Waals surface area contributed by atoms with Crippen LogP contribution < -0.4 is 0 Å². The van der Waals surface area contributed by atoms with Gasteiger partial charge < -0.3 is 0 Å². The number of benzene rings is 1. The lowest BCUT2D eigenvalue weighted by Crippen LogP contribution is -1.95. The Bertz CT molecular complexity index is 385. The zero-order valence-corrected chi connectivity index (χ0v) is 9.22. The molecule has 1 nitrogen and oxygen atoms in total. The van der Waals surface area contributed by atoms with Crippen LogP contribution in [0.2, 0.25) is 0 Å². The third-order valence-electron chi connectivity index (χ3n) is 2.13. The molecule has 0 atom stereocenters. The Morgan fingerprint density at radius 2 is 2.13 bits per heavy atom. The van der Waals surface area contributed by atoms with Gasteiger partial charge in [-0.1, -0.05) is 18.2 Å². The van der Waals surface area contributed by atoms with Crippen LogP contribution in [0.15, 0.2) is 18.2 Å². The molecule has 0 saturated carbocycles. The fourth-order valence-corrected chi connectivity index (χ4v) is 1.45. The standard InChI is InChI=1S/C12H12ClFO/c1-9-5-6-12(14)11(8-15)10(9)4-2-3-7-13/h2,4-6,8H,3,7H2,1H3. The van der Waals surface area contributed by atoms with Crippen molar-refractivity contribution in [2.75, 3.05) is 5.88 Å². The largest absolute Gasteiger partial charge is 0.298 e. The molecule has 0 aliphatic heterocycles. The summed E-state index contributed by atoms with van der Waals surface area (Å²) in [5.41, 5.74) is 1.63. The zero-order valence-electron chi connectivity index (χ0n) is 8.47. The summed E-state index contributed by atoms with van der Waals surface area (Å²) in [4.78, 5) is 10.7. The predicted octanol–water partition coefficient (Wildman–Crippen LogP) is 3.59. The second-order valence-electron chi connectivity index (χ2n) is 3.19. The van der Waals surface area contributed by atoms with E-state index in [0.717, 1.165) is 5.56 Å². The third-order valence-corrected chi connectivity index (χ3v) is 2.35. The van der Waals surface area contributed by atoms with Crippen LogP contribution >= 0.6 is 11.6 Å². The molecule has 1 aromatic carbocycles. The fraction of sp³-hybridized carbons (Fsp3) is 0.250. The molecule has 1 rings (SSSR count). The summed E-state index contributed by atoms with van der Waals surface area (Å²) >= 11 is 5.52. The first-order chi connectivity index (χ1) is 7.20. The lowest BCUT2D eigenvalue weighted by molar-refractivity contribution is 0.111. The maximum Gasteiger partial charge on any atom is 0.153 e. The van der Waals surface area contributed by atoms with Crippen molar-refractivity contribution < 1.29 is 9.18 Å². The van der Waals surface area contributed by atoms with Crippen molar-refractivity contribution in [3.63, 3.8) is 0 Å². The SMILES string of the molecule is Cc1ccc(F)c(C=O)c1C=CCCCl. The van der Waals surface area contributed by atoms with Crippen LogP contribution in [0.25, 0.3) is 6.08 Å². The van der Waals surface area contributed by atoms with Gasteiger partial charge in [0.15, 0.2) is 6.29 Å².